The van der Waals surface area contributed by atoms with E-state index in [1.54, 1.807) is 16.8 Å². The molecule has 0 heterocycles. The second-order valence-electron chi connectivity index (χ2n) is 6.63. The Kier molecular flexibility index (Phi) is 7.16. The maximum atomic E-state index is 12.3. The van der Waals surface area contributed by atoms with Crippen LogP contribution in [0.15, 0.2) is 42.5 Å². The highest BCUT2D eigenvalue weighted by atomic mass is 16.2. The van der Waals surface area contributed by atoms with E-state index in [0.717, 1.165) is 10.9 Å². The lowest BCUT2D eigenvalue weighted by atomic mass is 10.0. The summed E-state index contributed by atoms with van der Waals surface area (Å²) < 4.78 is 0. The van der Waals surface area contributed by atoms with Crippen LogP contribution in [0.4, 0.5) is 0 Å². The second-order valence-corrected chi connectivity index (χ2v) is 6.63. The smallest absolute Gasteiger partial charge is 0.236 e. The van der Waals surface area contributed by atoms with Crippen LogP contribution in [0.5, 0.6) is 0 Å². The van der Waals surface area contributed by atoms with Crippen molar-refractivity contribution in [3.63, 3.8) is 0 Å². The van der Waals surface area contributed by atoms with Crippen LogP contribution in [0.1, 0.15) is 32.4 Å². The highest BCUT2D eigenvalue weighted by Crippen LogP contribution is 2.20. The largest absolute Gasteiger partial charge is 0.348 e. The summed E-state index contributed by atoms with van der Waals surface area (Å²) in [4.78, 5) is 28.0. The van der Waals surface area contributed by atoms with Crippen molar-refractivity contribution >= 4 is 22.6 Å². The molecule has 0 saturated carbocycles. The van der Waals surface area contributed by atoms with Crippen LogP contribution in [0.25, 0.3) is 10.8 Å². The number of nitrogens with zero attached hydrogens (tertiary/aromatic N) is 2. The number of nitrogens with one attached hydrogen (secondary N) is 1. The zero-order valence-corrected chi connectivity index (χ0v) is 16.2. The van der Waals surface area contributed by atoms with Gasteiger partial charge in [0.1, 0.15) is 0 Å². The van der Waals surface area contributed by atoms with Crippen LogP contribution in [-0.4, -0.2) is 54.8 Å². The number of rotatable bonds is 8. The van der Waals surface area contributed by atoms with E-state index in [0.29, 0.717) is 13.1 Å². The van der Waals surface area contributed by atoms with Crippen molar-refractivity contribution in [1.82, 2.24) is 15.1 Å². The molecule has 0 radical (unpaired) electrons. The number of benzene rings is 2. The van der Waals surface area contributed by atoms with Gasteiger partial charge in [-0.1, -0.05) is 36.4 Å². The third-order valence-corrected chi connectivity index (χ3v) is 4.59. The molecule has 2 rings (SSSR count). The maximum Gasteiger partial charge on any atom is 0.236 e. The molecule has 0 aliphatic rings. The molecule has 2 aromatic rings. The first-order valence-electron chi connectivity index (χ1n) is 9.19. The zero-order chi connectivity index (χ0) is 19.1. The van der Waals surface area contributed by atoms with Gasteiger partial charge in [-0.15, -0.1) is 0 Å². The molecule has 0 saturated heterocycles. The average Bonchev–Trinajstić information content (AvgIpc) is 2.61. The first-order chi connectivity index (χ1) is 12.4. The molecule has 140 valence electrons. The third-order valence-electron chi connectivity index (χ3n) is 4.59. The van der Waals surface area contributed by atoms with Crippen LogP contribution < -0.4 is 5.32 Å². The molecule has 26 heavy (non-hydrogen) atoms. The molecule has 0 spiro atoms. The summed E-state index contributed by atoms with van der Waals surface area (Å²) >= 11 is 0. The van der Waals surface area contributed by atoms with Crippen molar-refractivity contribution in [1.29, 1.82) is 0 Å². The number of amides is 2. The van der Waals surface area contributed by atoms with Gasteiger partial charge in [-0.25, -0.2) is 0 Å². The summed E-state index contributed by atoms with van der Waals surface area (Å²) in [5, 5.41) is 5.36. The van der Waals surface area contributed by atoms with Gasteiger partial charge in [0.2, 0.25) is 11.8 Å². The molecule has 1 N–H and O–H groups in total. The molecule has 0 aliphatic carbocycles. The lowest BCUT2D eigenvalue weighted by Gasteiger charge is -2.23. The first kappa shape index (κ1) is 19.9. The molecule has 5 heteroatoms. The van der Waals surface area contributed by atoms with E-state index in [1.165, 1.54) is 5.39 Å². The van der Waals surface area contributed by atoms with E-state index in [1.807, 2.05) is 39.0 Å². The molecule has 2 aromatic carbocycles. The summed E-state index contributed by atoms with van der Waals surface area (Å²) in [7, 11) is 1.79. The van der Waals surface area contributed by atoms with Gasteiger partial charge in [0.25, 0.3) is 0 Å². The number of fused-ring (bicyclic) bond motifs is 1. The predicted molar refractivity (Wildman–Crippen MR) is 106 cm³/mol. The molecule has 0 bridgehead atoms. The minimum Gasteiger partial charge on any atom is -0.348 e. The van der Waals surface area contributed by atoms with Gasteiger partial charge in [-0.05, 0) is 50.2 Å². The maximum absolute atomic E-state index is 12.3. The number of likely N-dealkylation sites (N-methyl/N-ethyl adjacent to an activating group) is 2. The number of hydrogen-bond acceptors (Lipinski definition) is 3. The molecular weight excluding hydrogens is 326 g/mol. The lowest BCUT2D eigenvalue weighted by molar-refractivity contribution is -0.132. The van der Waals surface area contributed by atoms with Gasteiger partial charge in [-0.2, -0.15) is 0 Å². The van der Waals surface area contributed by atoms with E-state index < -0.39 is 0 Å². The SMILES string of the molecule is CCN(CC)C(=O)CN(C)CC(=O)NC(C)c1ccc2ccccc2c1. The molecule has 1 unspecified atom stereocenters. The number of carbonyl (C=O) groups excluding carboxylic acids is 2. The van der Waals surface area contributed by atoms with Gasteiger partial charge in [0, 0.05) is 13.1 Å². The summed E-state index contributed by atoms with van der Waals surface area (Å²) in [6.07, 6.45) is 0. The van der Waals surface area contributed by atoms with Gasteiger partial charge >= 0.3 is 0 Å². The Morgan fingerprint density at radius 1 is 1.00 bits per heavy atom. The van der Waals surface area contributed by atoms with Crippen molar-refractivity contribution in [2.75, 3.05) is 33.2 Å². The predicted octanol–water partition coefficient (Wildman–Crippen LogP) is 2.82. The lowest BCUT2D eigenvalue weighted by Crippen LogP contribution is -2.43. The fraction of sp³-hybridized carbons (Fsp3) is 0.429. The summed E-state index contributed by atoms with van der Waals surface area (Å²) in [5.41, 5.74) is 1.07. The molecule has 1 atom stereocenters. The van der Waals surface area contributed by atoms with Gasteiger partial charge in [-0.3, -0.25) is 14.5 Å². The van der Waals surface area contributed by atoms with E-state index >= 15 is 0 Å². The van der Waals surface area contributed by atoms with E-state index in [9.17, 15) is 9.59 Å². The van der Waals surface area contributed by atoms with Crippen LogP contribution in [0.2, 0.25) is 0 Å². The molecule has 2 amide bonds. The van der Waals surface area contributed by atoms with Gasteiger partial charge < -0.3 is 10.2 Å². The summed E-state index contributed by atoms with van der Waals surface area (Å²) in [6.45, 7) is 7.72. The number of carbonyl (C=O) groups is 2. The van der Waals surface area contributed by atoms with Crippen LogP contribution in [-0.2, 0) is 9.59 Å². The Bertz CT molecular complexity index is 756. The molecule has 0 aliphatic heterocycles. The van der Waals surface area contributed by atoms with Crippen molar-refractivity contribution in [2.45, 2.75) is 26.8 Å². The Balaban J connectivity index is 1.90. The molecular formula is C21H29N3O2. The van der Waals surface area contributed by atoms with Crippen molar-refractivity contribution in [3.8, 4) is 0 Å². The fourth-order valence-corrected chi connectivity index (χ4v) is 3.06. The Hall–Kier alpha value is -2.40. The fourth-order valence-electron chi connectivity index (χ4n) is 3.06. The highest BCUT2D eigenvalue weighted by molar-refractivity contribution is 5.84. The Labute approximate surface area is 156 Å². The van der Waals surface area contributed by atoms with Crippen LogP contribution >= 0.6 is 0 Å². The van der Waals surface area contributed by atoms with Gasteiger partial charge in [0.05, 0.1) is 19.1 Å². The summed E-state index contributed by atoms with van der Waals surface area (Å²) in [5.74, 6) is -0.0339. The average molecular weight is 355 g/mol. The normalized spacial score (nSPS) is 12.2. The molecule has 5 nitrogen and oxygen atoms in total. The van der Waals surface area contributed by atoms with Crippen molar-refractivity contribution in [3.05, 3.63) is 48.0 Å². The van der Waals surface area contributed by atoms with Crippen molar-refractivity contribution in [2.24, 2.45) is 0 Å². The van der Waals surface area contributed by atoms with Crippen LogP contribution in [0.3, 0.4) is 0 Å². The third kappa shape index (κ3) is 5.30. The minimum absolute atomic E-state index is 0.0490. The standard InChI is InChI=1S/C21H29N3O2/c1-5-24(6-2)21(26)15-23(4)14-20(25)22-16(3)18-12-11-17-9-7-8-10-19(17)13-18/h7-13,16H,5-6,14-15H2,1-4H3,(H,22,25). The minimum atomic E-state index is -0.0843. The summed E-state index contributed by atoms with van der Waals surface area (Å²) in [6, 6.07) is 14.3. The Morgan fingerprint density at radius 3 is 2.31 bits per heavy atom. The quantitative estimate of drug-likeness (QED) is 0.792. The van der Waals surface area contributed by atoms with E-state index in [4.69, 9.17) is 0 Å². The second kappa shape index (κ2) is 9.34. The number of hydrogen-bond donors (Lipinski definition) is 1. The van der Waals surface area contributed by atoms with Crippen molar-refractivity contribution < 1.29 is 9.59 Å². The topological polar surface area (TPSA) is 52.7 Å². The highest BCUT2D eigenvalue weighted by Gasteiger charge is 2.16. The van der Waals surface area contributed by atoms with Gasteiger partial charge in [0.15, 0.2) is 0 Å². The van der Waals surface area contributed by atoms with Crippen LogP contribution in [0, 0.1) is 0 Å². The Morgan fingerprint density at radius 2 is 1.65 bits per heavy atom. The first-order valence-corrected chi connectivity index (χ1v) is 9.19. The molecule has 0 fully saturated rings. The van der Waals surface area contributed by atoms with E-state index in [-0.39, 0.29) is 30.9 Å². The monoisotopic (exact) mass is 355 g/mol. The molecule has 0 aromatic heterocycles. The van der Waals surface area contributed by atoms with E-state index in [2.05, 4.69) is 29.6 Å². The zero-order valence-electron chi connectivity index (χ0n) is 16.2.